The summed E-state index contributed by atoms with van der Waals surface area (Å²) in [7, 11) is 0. The van der Waals surface area contributed by atoms with Gasteiger partial charge in [0.15, 0.2) is 0 Å². The first-order valence-electron chi connectivity index (χ1n) is 7.99. The number of nitrogens with zero attached hydrogens (tertiary/aromatic N) is 1. The fraction of sp³-hybridized carbons (Fsp3) is 0.933. The summed E-state index contributed by atoms with van der Waals surface area (Å²) in [4.78, 5) is 14.3. The van der Waals surface area contributed by atoms with Gasteiger partial charge in [0.1, 0.15) is 0 Å². The van der Waals surface area contributed by atoms with Crippen molar-refractivity contribution in [2.75, 3.05) is 32.7 Å². The molecular formula is C15H30ClN3O. The van der Waals surface area contributed by atoms with Gasteiger partial charge >= 0.3 is 0 Å². The van der Waals surface area contributed by atoms with Gasteiger partial charge in [0.2, 0.25) is 5.91 Å². The molecule has 4 nitrogen and oxygen atoms in total. The quantitative estimate of drug-likeness (QED) is 0.735. The topological polar surface area (TPSA) is 44.4 Å². The molecule has 2 saturated heterocycles. The lowest BCUT2D eigenvalue weighted by Crippen LogP contribution is -2.41. The number of unbranched alkanes of at least 4 members (excludes halogenated alkanes) is 1. The van der Waals surface area contributed by atoms with E-state index >= 15 is 0 Å². The van der Waals surface area contributed by atoms with Crippen molar-refractivity contribution in [2.45, 2.75) is 51.5 Å². The zero-order chi connectivity index (χ0) is 13.5. The highest BCUT2D eigenvalue weighted by Gasteiger charge is 2.21. The van der Waals surface area contributed by atoms with Crippen molar-refractivity contribution in [3.63, 3.8) is 0 Å². The largest absolute Gasteiger partial charge is 0.355 e. The van der Waals surface area contributed by atoms with Crippen molar-refractivity contribution in [3.05, 3.63) is 0 Å². The highest BCUT2D eigenvalue weighted by atomic mass is 35.5. The monoisotopic (exact) mass is 303 g/mol. The zero-order valence-corrected chi connectivity index (χ0v) is 13.5. The molecule has 0 bridgehead atoms. The highest BCUT2D eigenvalue weighted by molar-refractivity contribution is 5.85. The smallest absolute Gasteiger partial charge is 0.237 e. The van der Waals surface area contributed by atoms with Crippen LogP contribution in [0.2, 0.25) is 0 Å². The van der Waals surface area contributed by atoms with Gasteiger partial charge in [0, 0.05) is 6.54 Å². The van der Waals surface area contributed by atoms with Gasteiger partial charge in [-0.3, -0.25) is 4.79 Å². The van der Waals surface area contributed by atoms with E-state index in [1.54, 1.807) is 0 Å². The fourth-order valence-electron chi connectivity index (χ4n) is 2.99. The molecule has 2 aliphatic rings. The summed E-state index contributed by atoms with van der Waals surface area (Å²) in [5.41, 5.74) is 0. The Morgan fingerprint density at radius 3 is 2.65 bits per heavy atom. The third-order valence-corrected chi connectivity index (χ3v) is 4.45. The lowest BCUT2D eigenvalue weighted by atomic mass is 9.99. The Morgan fingerprint density at radius 2 is 2.00 bits per heavy atom. The lowest BCUT2D eigenvalue weighted by Gasteiger charge is -2.30. The number of halogens is 1. The molecule has 2 heterocycles. The second-order valence-corrected chi connectivity index (χ2v) is 6.17. The summed E-state index contributed by atoms with van der Waals surface area (Å²) in [5.74, 6) is 1.11. The number of rotatable bonds is 6. The molecule has 0 aromatic carbocycles. The highest BCUT2D eigenvalue weighted by Crippen LogP contribution is 2.16. The van der Waals surface area contributed by atoms with E-state index in [4.69, 9.17) is 0 Å². The zero-order valence-electron chi connectivity index (χ0n) is 12.7. The second-order valence-electron chi connectivity index (χ2n) is 6.17. The van der Waals surface area contributed by atoms with Crippen LogP contribution in [0.5, 0.6) is 0 Å². The molecule has 20 heavy (non-hydrogen) atoms. The van der Waals surface area contributed by atoms with E-state index in [9.17, 15) is 4.79 Å². The number of nitrogens with one attached hydrogen (secondary N) is 2. The van der Waals surface area contributed by atoms with E-state index in [-0.39, 0.29) is 24.4 Å². The predicted molar refractivity (Wildman–Crippen MR) is 85.4 cm³/mol. The summed E-state index contributed by atoms with van der Waals surface area (Å²) >= 11 is 0. The second kappa shape index (κ2) is 9.59. The van der Waals surface area contributed by atoms with Crippen LogP contribution in [0.3, 0.4) is 0 Å². The maximum atomic E-state index is 11.8. The van der Waals surface area contributed by atoms with Crippen molar-refractivity contribution >= 4 is 18.3 Å². The van der Waals surface area contributed by atoms with Crippen LogP contribution in [0.4, 0.5) is 0 Å². The minimum atomic E-state index is 0. The molecule has 1 unspecified atom stereocenters. The molecule has 0 aromatic rings. The maximum absolute atomic E-state index is 11.8. The molecule has 0 aromatic heterocycles. The van der Waals surface area contributed by atoms with E-state index < -0.39 is 0 Å². The minimum Gasteiger partial charge on any atom is -0.355 e. The van der Waals surface area contributed by atoms with Gasteiger partial charge in [0.25, 0.3) is 0 Å². The van der Waals surface area contributed by atoms with Crippen LogP contribution in [0.25, 0.3) is 0 Å². The van der Waals surface area contributed by atoms with Crippen LogP contribution in [-0.2, 0) is 4.79 Å². The molecule has 0 radical (unpaired) electrons. The van der Waals surface area contributed by atoms with E-state index in [0.29, 0.717) is 0 Å². The number of piperidine rings is 1. The summed E-state index contributed by atoms with van der Waals surface area (Å²) in [5, 5.41) is 6.28. The van der Waals surface area contributed by atoms with E-state index in [1.807, 2.05) is 0 Å². The van der Waals surface area contributed by atoms with Crippen molar-refractivity contribution < 1.29 is 4.79 Å². The molecule has 118 valence electrons. The average molecular weight is 304 g/mol. The average Bonchev–Trinajstić information content (AvgIpc) is 2.94. The Balaban J connectivity index is 0.00000200. The van der Waals surface area contributed by atoms with E-state index in [0.717, 1.165) is 38.3 Å². The summed E-state index contributed by atoms with van der Waals surface area (Å²) in [6.07, 6.45) is 7.13. The first kappa shape index (κ1) is 17.7. The SMILES string of the molecule is CC1CCN(CCCCNC(=O)C2CCCN2)CC1.Cl. The van der Waals surface area contributed by atoms with Crippen molar-refractivity contribution in [1.82, 2.24) is 15.5 Å². The van der Waals surface area contributed by atoms with Crippen LogP contribution in [0, 0.1) is 5.92 Å². The van der Waals surface area contributed by atoms with Crippen molar-refractivity contribution in [3.8, 4) is 0 Å². The minimum absolute atomic E-state index is 0. The molecule has 0 spiro atoms. The molecule has 1 amide bonds. The van der Waals surface area contributed by atoms with Gasteiger partial charge in [-0.05, 0) is 70.6 Å². The van der Waals surface area contributed by atoms with Gasteiger partial charge in [-0.2, -0.15) is 0 Å². The molecule has 5 heteroatoms. The summed E-state index contributed by atoms with van der Waals surface area (Å²) in [6, 6.07) is 0.0728. The molecule has 0 saturated carbocycles. The molecule has 0 aliphatic carbocycles. The Kier molecular flexibility index (Phi) is 8.50. The summed E-state index contributed by atoms with van der Waals surface area (Å²) in [6.45, 7) is 7.90. The molecule has 2 fully saturated rings. The number of likely N-dealkylation sites (tertiary alicyclic amines) is 1. The van der Waals surface area contributed by atoms with Gasteiger partial charge < -0.3 is 15.5 Å². The van der Waals surface area contributed by atoms with Crippen LogP contribution in [0.1, 0.15) is 45.4 Å². The Hall–Kier alpha value is -0.320. The molecule has 2 N–H and O–H groups in total. The van der Waals surface area contributed by atoms with Crippen molar-refractivity contribution in [2.24, 2.45) is 5.92 Å². The van der Waals surface area contributed by atoms with Gasteiger partial charge in [-0.25, -0.2) is 0 Å². The molecule has 2 aliphatic heterocycles. The van der Waals surface area contributed by atoms with Gasteiger partial charge in [-0.15, -0.1) is 12.4 Å². The first-order chi connectivity index (χ1) is 9.25. The first-order valence-corrected chi connectivity index (χ1v) is 7.99. The van der Waals surface area contributed by atoms with E-state index in [1.165, 1.54) is 38.9 Å². The lowest BCUT2D eigenvalue weighted by molar-refractivity contribution is -0.122. The van der Waals surface area contributed by atoms with Gasteiger partial charge in [0.05, 0.1) is 6.04 Å². The number of carbonyl (C=O) groups is 1. The molecule has 1 atom stereocenters. The predicted octanol–water partition coefficient (Wildman–Crippen LogP) is 1.79. The Morgan fingerprint density at radius 1 is 1.25 bits per heavy atom. The summed E-state index contributed by atoms with van der Waals surface area (Å²) < 4.78 is 0. The number of carbonyl (C=O) groups excluding carboxylic acids is 1. The Bertz CT molecular complexity index is 274. The maximum Gasteiger partial charge on any atom is 0.237 e. The van der Waals surface area contributed by atoms with Crippen molar-refractivity contribution in [1.29, 1.82) is 0 Å². The molecule has 2 rings (SSSR count). The third-order valence-electron chi connectivity index (χ3n) is 4.45. The fourth-order valence-corrected chi connectivity index (χ4v) is 2.99. The van der Waals surface area contributed by atoms with E-state index in [2.05, 4.69) is 22.5 Å². The number of amides is 1. The normalized spacial score (nSPS) is 24.4. The van der Waals surface area contributed by atoms with Crippen LogP contribution in [0.15, 0.2) is 0 Å². The standard InChI is InChI=1S/C15H29N3O.ClH/c1-13-6-11-18(12-7-13)10-3-2-8-17-15(19)14-5-4-9-16-14;/h13-14,16H,2-12H2,1H3,(H,17,19);1H. The van der Waals surface area contributed by atoms with Gasteiger partial charge in [-0.1, -0.05) is 6.92 Å². The van der Waals surface area contributed by atoms with Crippen LogP contribution >= 0.6 is 12.4 Å². The number of hydrogen-bond donors (Lipinski definition) is 2. The van der Waals surface area contributed by atoms with Crippen LogP contribution < -0.4 is 10.6 Å². The molecular weight excluding hydrogens is 274 g/mol. The van der Waals surface area contributed by atoms with Crippen LogP contribution in [-0.4, -0.2) is 49.6 Å². The number of hydrogen-bond acceptors (Lipinski definition) is 3. The third kappa shape index (κ3) is 5.98. The Labute approximate surface area is 129 Å².